The number of aromatic nitrogens is 1. The fraction of sp³-hybridized carbons (Fsp3) is 0.500. The Hall–Kier alpha value is -1.43. The third-order valence-electron chi connectivity index (χ3n) is 5.84. The smallest absolute Gasteiger partial charge is 0.252 e. The molecule has 0 radical (unpaired) electrons. The third kappa shape index (κ3) is 4.05. The van der Waals surface area contributed by atoms with Gasteiger partial charge in [0.25, 0.3) is 5.91 Å². The maximum atomic E-state index is 13.8. The molecule has 7 heteroatoms. The first-order valence-corrected chi connectivity index (χ1v) is 9.33. The quantitative estimate of drug-likeness (QED) is 0.798. The van der Waals surface area contributed by atoms with E-state index in [-0.39, 0.29) is 42.6 Å². The summed E-state index contributed by atoms with van der Waals surface area (Å²) in [5.74, 6) is 0.0318. The summed E-state index contributed by atoms with van der Waals surface area (Å²) in [7, 11) is 0. The van der Waals surface area contributed by atoms with Gasteiger partial charge in [-0.1, -0.05) is 0 Å². The van der Waals surface area contributed by atoms with Crippen LogP contribution in [0.2, 0.25) is 0 Å². The van der Waals surface area contributed by atoms with Crippen molar-refractivity contribution < 1.29 is 9.18 Å². The number of halogens is 3. The molecular formula is C20H24Cl2FN3O. The molecule has 2 aliphatic heterocycles. The number of nitrogens with zero attached hydrogens (tertiary/aromatic N) is 1. The van der Waals surface area contributed by atoms with Gasteiger partial charge in [0.05, 0.1) is 11.1 Å². The number of nitrogens with one attached hydrogen (secondary N) is 2. The minimum atomic E-state index is -0.331. The Balaban J connectivity index is 0.00000105. The number of benzene rings is 1. The van der Waals surface area contributed by atoms with Crippen molar-refractivity contribution in [1.29, 1.82) is 0 Å². The lowest BCUT2D eigenvalue weighted by Crippen LogP contribution is -2.48. The summed E-state index contributed by atoms with van der Waals surface area (Å²) in [6.07, 6.45) is 6.61. The number of pyridine rings is 1. The Bertz CT molecular complexity index is 846. The fourth-order valence-corrected chi connectivity index (χ4v) is 4.43. The standard InChI is InChI=1S/C20H22FN3O.2ClH/c21-12-3-6-18-16(7-12)17(10-19(24-18)11-1-2-11)20(25)23-15-8-13-4-5-14(9-15)22-13;;/h3,6-7,10-11,13-15,22H,1-2,4-5,8-9H2,(H,23,25);2*1H. The maximum absolute atomic E-state index is 13.8. The summed E-state index contributed by atoms with van der Waals surface area (Å²) in [4.78, 5) is 17.6. The number of carbonyl (C=O) groups excluding carboxylic acids is 1. The first kappa shape index (κ1) is 20.3. The first-order chi connectivity index (χ1) is 12.2. The molecule has 5 rings (SSSR count). The predicted octanol–water partition coefficient (Wildman–Crippen LogP) is 4.11. The van der Waals surface area contributed by atoms with Gasteiger partial charge in [-0.2, -0.15) is 0 Å². The SMILES string of the molecule is Cl.Cl.O=C(NC1CC2CCC(C1)N2)c1cc(C2CC2)nc2ccc(F)cc12. The van der Waals surface area contributed by atoms with Gasteiger partial charge in [-0.15, -0.1) is 24.8 Å². The molecule has 1 amide bonds. The summed E-state index contributed by atoms with van der Waals surface area (Å²) in [5, 5.41) is 7.41. The molecule has 2 bridgehead atoms. The van der Waals surface area contributed by atoms with Crippen LogP contribution in [-0.4, -0.2) is 29.0 Å². The van der Waals surface area contributed by atoms with Crippen molar-refractivity contribution in [3.05, 3.63) is 41.3 Å². The number of amides is 1. The number of carbonyl (C=O) groups is 1. The van der Waals surface area contributed by atoms with Crippen molar-refractivity contribution in [2.75, 3.05) is 0 Å². The maximum Gasteiger partial charge on any atom is 0.252 e. The summed E-state index contributed by atoms with van der Waals surface area (Å²) in [5.41, 5.74) is 2.24. The van der Waals surface area contributed by atoms with E-state index in [9.17, 15) is 9.18 Å². The lowest BCUT2D eigenvalue weighted by Gasteiger charge is -2.29. The number of hydrogen-bond donors (Lipinski definition) is 2. The minimum Gasteiger partial charge on any atom is -0.349 e. The van der Waals surface area contributed by atoms with Crippen LogP contribution in [-0.2, 0) is 0 Å². The molecule has 2 atom stereocenters. The van der Waals surface area contributed by atoms with Crippen molar-refractivity contribution in [2.24, 2.45) is 0 Å². The number of fused-ring (bicyclic) bond motifs is 3. The van der Waals surface area contributed by atoms with E-state index < -0.39 is 0 Å². The number of piperidine rings is 1. The van der Waals surface area contributed by atoms with Crippen molar-refractivity contribution in [3.63, 3.8) is 0 Å². The molecule has 27 heavy (non-hydrogen) atoms. The van der Waals surface area contributed by atoms with Gasteiger partial charge >= 0.3 is 0 Å². The summed E-state index contributed by atoms with van der Waals surface area (Å²) >= 11 is 0. The summed E-state index contributed by atoms with van der Waals surface area (Å²) in [6, 6.07) is 7.66. The van der Waals surface area contributed by atoms with Gasteiger partial charge < -0.3 is 10.6 Å². The Morgan fingerprint density at radius 2 is 1.78 bits per heavy atom. The molecule has 2 unspecified atom stereocenters. The molecule has 0 spiro atoms. The van der Waals surface area contributed by atoms with Crippen LogP contribution in [0.4, 0.5) is 4.39 Å². The van der Waals surface area contributed by atoms with E-state index in [1.807, 2.05) is 6.07 Å². The van der Waals surface area contributed by atoms with Crippen LogP contribution < -0.4 is 10.6 Å². The monoisotopic (exact) mass is 411 g/mol. The van der Waals surface area contributed by atoms with Crippen molar-refractivity contribution >= 4 is 41.6 Å². The van der Waals surface area contributed by atoms with Gasteiger partial charge in [0.2, 0.25) is 0 Å². The van der Waals surface area contributed by atoms with Crippen LogP contribution in [0.1, 0.15) is 60.5 Å². The topological polar surface area (TPSA) is 54.0 Å². The Morgan fingerprint density at radius 3 is 2.44 bits per heavy atom. The zero-order valence-corrected chi connectivity index (χ0v) is 16.5. The lowest BCUT2D eigenvalue weighted by molar-refractivity contribution is 0.0925. The van der Waals surface area contributed by atoms with E-state index >= 15 is 0 Å². The van der Waals surface area contributed by atoms with Gasteiger partial charge in [-0.05, 0) is 62.8 Å². The second-order valence-corrected chi connectivity index (χ2v) is 7.81. The predicted molar refractivity (Wildman–Crippen MR) is 109 cm³/mol. The molecule has 1 aromatic carbocycles. The molecule has 2 saturated heterocycles. The van der Waals surface area contributed by atoms with Crippen molar-refractivity contribution in [3.8, 4) is 0 Å². The molecule has 3 heterocycles. The van der Waals surface area contributed by atoms with Crippen LogP contribution in [0, 0.1) is 5.82 Å². The second kappa shape index (κ2) is 7.90. The minimum absolute atomic E-state index is 0. The van der Waals surface area contributed by atoms with Crippen LogP contribution in [0.5, 0.6) is 0 Å². The van der Waals surface area contributed by atoms with E-state index in [4.69, 9.17) is 0 Å². The Morgan fingerprint density at radius 1 is 1.07 bits per heavy atom. The highest BCUT2D eigenvalue weighted by Crippen LogP contribution is 2.40. The van der Waals surface area contributed by atoms with Gasteiger partial charge in [0, 0.05) is 35.1 Å². The van der Waals surface area contributed by atoms with Crippen LogP contribution in [0.25, 0.3) is 10.9 Å². The van der Waals surface area contributed by atoms with E-state index in [0.717, 1.165) is 31.4 Å². The molecule has 4 nitrogen and oxygen atoms in total. The number of rotatable bonds is 3. The van der Waals surface area contributed by atoms with Crippen LogP contribution in [0.15, 0.2) is 24.3 Å². The number of hydrogen-bond acceptors (Lipinski definition) is 3. The highest BCUT2D eigenvalue weighted by Gasteiger charge is 2.34. The molecule has 1 aliphatic carbocycles. The third-order valence-corrected chi connectivity index (χ3v) is 5.84. The molecule has 3 fully saturated rings. The zero-order chi connectivity index (χ0) is 17.0. The molecule has 2 aromatic rings. The fourth-order valence-electron chi connectivity index (χ4n) is 4.43. The van der Waals surface area contributed by atoms with Crippen LogP contribution >= 0.6 is 24.8 Å². The van der Waals surface area contributed by atoms with Gasteiger partial charge in [0.15, 0.2) is 0 Å². The largest absolute Gasteiger partial charge is 0.349 e. The zero-order valence-electron chi connectivity index (χ0n) is 14.9. The van der Waals surface area contributed by atoms with Crippen molar-refractivity contribution in [2.45, 2.75) is 62.6 Å². The van der Waals surface area contributed by atoms with Crippen molar-refractivity contribution in [1.82, 2.24) is 15.6 Å². The average molecular weight is 412 g/mol. The molecule has 1 aromatic heterocycles. The van der Waals surface area contributed by atoms with Crippen LogP contribution in [0.3, 0.4) is 0 Å². The normalized spacial score (nSPS) is 26.2. The van der Waals surface area contributed by atoms with Gasteiger partial charge in [0.1, 0.15) is 5.82 Å². The molecular weight excluding hydrogens is 388 g/mol. The van der Waals surface area contributed by atoms with Gasteiger partial charge in [-0.3, -0.25) is 9.78 Å². The average Bonchev–Trinajstić information content (AvgIpc) is 3.39. The highest BCUT2D eigenvalue weighted by atomic mass is 35.5. The second-order valence-electron chi connectivity index (χ2n) is 7.81. The molecule has 2 N–H and O–H groups in total. The molecule has 3 aliphatic rings. The summed E-state index contributed by atoms with van der Waals surface area (Å²) in [6.45, 7) is 0. The van der Waals surface area contributed by atoms with E-state index in [0.29, 0.717) is 34.5 Å². The molecule has 146 valence electrons. The first-order valence-electron chi connectivity index (χ1n) is 9.33. The molecule has 1 saturated carbocycles. The van der Waals surface area contributed by atoms with Gasteiger partial charge in [-0.25, -0.2) is 4.39 Å². The van der Waals surface area contributed by atoms with E-state index in [1.54, 1.807) is 6.07 Å². The Labute approximate surface area is 170 Å². The lowest BCUT2D eigenvalue weighted by atomic mass is 9.98. The Kier molecular flexibility index (Phi) is 5.94. The highest BCUT2D eigenvalue weighted by molar-refractivity contribution is 6.06. The summed E-state index contributed by atoms with van der Waals surface area (Å²) < 4.78 is 13.8. The van der Waals surface area contributed by atoms with E-state index in [1.165, 1.54) is 25.0 Å². The van der Waals surface area contributed by atoms with E-state index in [2.05, 4.69) is 15.6 Å².